The van der Waals surface area contributed by atoms with Crippen LogP contribution in [0.3, 0.4) is 0 Å². The van der Waals surface area contributed by atoms with Gasteiger partial charge in [0.05, 0.1) is 11.0 Å². The maximum Gasteiger partial charge on any atom is 0.201 e. The number of nitrogens with one attached hydrogen (secondary N) is 4. The van der Waals surface area contributed by atoms with Gasteiger partial charge in [0, 0.05) is 44.1 Å². The zero-order valence-electron chi connectivity index (χ0n) is 19.2. The fourth-order valence-corrected chi connectivity index (χ4v) is 5.35. The Morgan fingerprint density at radius 1 is 1.12 bits per heavy atom. The molecule has 4 aliphatic heterocycles. The van der Waals surface area contributed by atoms with Crippen molar-refractivity contribution in [1.29, 1.82) is 0 Å². The van der Waals surface area contributed by atoms with Gasteiger partial charge in [-0.1, -0.05) is 24.3 Å². The van der Waals surface area contributed by atoms with Crippen LogP contribution in [0.5, 0.6) is 0 Å². The maximum atomic E-state index is 4.92. The van der Waals surface area contributed by atoms with Crippen molar-refractivity contribution in [1.82, 2.24) is 25.8 Å². The normalized spacial score (nSPS) is 28.9. The van der Waals surface area contributed by atoms with E-state index in [4.69, 9.17) is 9.98 Å². The molecule has 1 fully saturated rings. The first-order chi connectivity index (χ1) is 16.2. The van der Waals surface area contributed by atoms with Gasteiger partial charge in [-0.15, -0.1) is 11.8 Å². The molecule has 176 valence electrons. The fourth-order valence-electron chi connectivity index (χ4n) is 4.43. The number of thioether (sulfide) groups is 1. The topological polar surface area (TPSA) is 79.3 Å². The quantitative estimate of drug-likeness (QED) is 0.530. The molecular formula is C24H34N8S. The Morgan fingerprint density at radius 2 is 1.97 bits per heavy atom. The molecule has 0 aliphatic carbocycles. The first kappa shape index (κ1) is 22.5. The van der Waals surface area contributed by atoms with E-state index in [2.05, 4.69) is 67.8 Å². The van der Waals surface area contributed by atoms with Crippen molar-refractivity contribution >= 4 is 29.1 Å². The highest BCUT2D eigenvalue weighted by molar-refractivity contribution is 8.03. The predicted molar refractivity (Wildman–Crippen MR) is 138 cm³/mol. The molecule has 33 heavy (non-hydrogen) atoms. The van der Waals surface area contributed by atoms with Gasteiger partial charge in [0.25, 0.3) is 0 Å². The van der Waals surface area contributed by atoms with Crippen LogP contribution in [0.1, 0.15) is 19.3 Å². The number of rotatable bonds is 5. The molecule has 4 aliphatic rings. The highest BCUT2D eigenvalue weighted by Crippen LogP contribution is 2.27. The van der Waals surface area contributed by atoms with Crippen molar-refractivity contribution in [3.8, 4) is 0 Å². The van der Waals surface area contributed by atoms with Gasteiger partial charge in [0.1, 0.15) is 6.29 Å². The molecule has 8 nitrogen and oxygen atoms in total. The van der Waals surface area contributed by atoms with E-state index < -0.39 is 0 Å². The van der Waals surface area contributed by atoms with Gasteiger partial charge in [-0.05, 0) is 49.9 Å². The molecule has 3 unspecified atom stereocenters. The summed E-state index contributed by atoms with van der Waals surface area (Å²) in [4.78, 5) is 14.6. The largest absolute Gasteiger partial charge is 0.351 e. The van der Waals surface area contributed by atoms with E-state index in [1.807, 2.05) is 30.0 Å². The summed E-state index contributed by atoms with van der Waals surface area (Å²) in [5.41, 5.74) is 3.42. The number of benzene rings is 1. The highest BCUT2D eigenvalue weighted by atomic mass is 32.2. The third-order valence-corrected chi connectivity index (χ3v) is 7.46. The molecule has 0 aromatic heterocycles. The van der Waals surface area contributed by atoms with E-state index in [0.29, 0.717) is 5.25 Å². The van der Waals surface area contributed by atoms with Crippen molar-refractivity contribution in [2.45, 2.75) is 37.1 Å². The van der Waals surface area contributed by atoms with Crippen LogP contribution in [0, 0.1) is 0 Å². The summed E-state index contributed by atoms with van der Waals surface area (Å²) in [6.45, 7) is 5.04. The lowest BCUT2D eigenvalue weighted by atomic mass is 10.1. The highest BCUT2D eigenvalue weighted by Gasteiger charge is 2.29. The summed E-state index contributed by atoms with van der Waals surface area (Å²) in [6.07, 6.45) is 7.35. The van der Waals surface area contributed by atoms with E-state index in [1.165, 1.54) is 11.4 Å². The van der Waals surface area contributed by atoms with E-state index in [-0.39, 0.29) is 12.6 Å². The van der Waals surface area contributed by atoms with E-state index in [0.717, 1.165) is 63.6 Å². The second kappa shape index (κ2) is 10.7. The zero-order chi connectivity index (χ0) is 22.5. The molecule has 5 rings (SSSR count). The van der Waals surface area contributed by atoms with E-state index >= 15 is 0 Å². The molecular weight excluding hydrogens is 432 g/mol. The third kappa shape index (κ3) is 5.97. The number of piperazine rings is 1. The van der Waals surface area contributed by atoms with Crippen molar-refractivity contribution in [3.05, 3.63) is 53.6 Å². The van der Waals surface area contributed by atoms with Crippen LogP contribution in [-0.4, -0.2) is 79.1 Å². The Morgan fingerprint density at radius 3 is 2.76 bits per heavy atom. The van der Waals surface area contributed by atoms with E-state index in [1.54, 1.807) is 0 Å². The number of aliphatic imine (C=N–C) groups is 2. The zero-order valence-corrected chi connectivity index (χ0v) is 20.0. The molecule has 0 spiro atoms. The number of allylic oxidation sites excluding steroid dienone is 3. The van der Waals surface area contributed by atoms with Crippen LogP contribution in [0.2, 0.25) is 0 Å². The Labute approximate surface area is 200 Å². The van der Waals surface area contributed by atoms with Crippen molar-refractivity contribution in [2.24, 2.45) is 9.98 Å². The standard InChI is InChI=1S/C24H34N8S/c1-31-12-14-32(15-13-31)24-29-22(26-18-7-3-2-4-8-18)28-23(30-24)27-19-9-5-11-25-20(17-19)21-10-6-16-33-21/h2-4,6-8,16-17,21-22,24,26,29H,5,9-15H2,1H3,(H2,27,28,30). The second-order valence-corrected chi connectivity index (χ2v) is 9.99. The van der Waals surface area contributed by atoms with Gasteiger partial charge in [-0.25, -0.2) is 10.3 Å². The molecule has 4 heterocycles. The summed E-state index contributed by atoms with van der Waals surface area (Å²) in [7, 11) is 2.18. The van der Waals surface area contributed by atoms with Crippen LogP contribution in [-0.2, 0) is 0 Å². The smallest absolute Gasteiger partial charge is 0.201 e. The molecule has 0 bridgehead atoms. The van der Waals surface area contributed by atoms with Crippen LogP contribution in [0.25, 0.3) is 0 Å². The fraction of sp³-hybridized carbons (Fsp3) is 0.500. The molecule has 1 aromatic carbocycles. The lowest BCUT2D eigenvalue weighted by molar-refractivity contribution is 0.0771. The Hall–Kier alpha value is -2.33. The number of anilines is 1. The van der Waals surface area contributed by atoms with Crippen molar-refractivity contribution in [2.75, 3.05) is 45.1 Å². The maximum absolute atomic E-state index is 4.92. The third-order valence-electron chi connectivity index (χ3n) is 6.35. The number of guanidine groups is 1. The van der Waals surface area contributed by atoms with Crippen LogP contribution >= 0.6 is 11.8 Å². The number of hydrogen-bond acceptors (Lipinski definition) is 9. The van der Waals surface area contributed by atoms with Crippen molar-refractivity contribution in [3.63, 3.8) is 0 Å². The summed E-state index contributed by atoms with van der Waals surface area (Å²) in [5, 5.41) is 17.0. The molecule has 0 radical (unpaired) electrons. The van der Waals surface area contributed by atoms with Gasteiger partial charge in [-0.2, -0.15) is 0 Å². The average Bonchev–Trinajstić information content (AvgIpc) is 3.27. The monoisotopic (exact) mass is 466 g/mol. The molecule has 3 atom stereocenters. The average molecular weight is 467 g/mol. The minimum atomic E-state index is -0.227. The second-order valence-electron chi connectivity index (χ2n) is 8.88. The lowest BCUT2D eigenvalue weighted by Crippen LogP contribution is -2.67. The van der Waals surface area contributed by atoms with Gasteiger partial charge in [0.15, 0.2) is 6.29 Å². The minimum Gasteiger partial charge on any atom is -0.351 e. The molecule has 1 saturated heterocycles. The number of likely N-dealkylation sites (N-methyl/N-ethyl adjacent to an activating group) is 1. The minimum absolute atomic E-state index is 0.00835. The summed E-state index contributed by atoms with van der Waals surface area (Å²) in [5.74, 6) is 0.802. The number of para-hydroxylation sites is 1. The van der Waals surface area contributed by atoms with Gasteiger partial charge in [0.2, 0.25) is 5.96 Å². The molecule has 0 amide bonds. The summed E-state index contributed by atoms with van der Waals surface area (Å²) < 4.78 is 0. The molecule has 1 aromatic rings. The Kier molecular flexibility index (Phi) is 7.30. The lowest BCUT2D eigenvalue weighted by Gasteiger charge is -2.42. The van der Waals surface area contributed by atoms with Crippen LogP contribution in [0.15, 0.2) is 63.6 Å². The molecule has 4 N–H and O–H groups in total. The Bertz CT molecular complexity index is 912. The summed E-state index contributed by atoms with van der Waals surface area (Å²) >= 11 is 1.87. The SMILES string of the molecule is CN1CCN(C2NC(NC3=CC(C4CC=CS4)=NCCC3)=NC(Nc3ccccc3)N2)CC1. The van der Waals surface area contributed by atoms with E-state index in [9.17, 15) is 0 Å². The summed E-state index contributed by atoms with van der Waals surface area (Å²) in [6, 6.07) is 10.2. The molecule has 9 heteroatoms. The Balaban J connectivity index is 1.32. The van der Waals surface area contributed by atoms with Crippen LogP contribution in [0.4, 0.5) is 5.69 Å². The van der Waals surface area contributed by atoms with Gasteiger partial charge in [-0.3, -0.25) is 9.89 Å². The van der Waals surface area contributed by atoms with Crippen molar-refractivity contribution < 1.29 is 0 Å². The molecule has 0 saturated carbocycles. The van der Waals surface area contributed by atoms with Gasteiger partial charge >= 0.3 is 0 Å². The first-order valence-electron chi connectivity index (χ1n) is 11.9. The van der Waals surface area contributed by atoms with Gasteiger partial charge < -0.3 is 20.9 Å². The predicted octanol–water partition coefficient (Wildman–Crippen LogP) is 2.19. The first-order valence-corrected chi connectivity index (χ1v) is 12.8. The number of hydrogen-bond donors (Lipinski definition) is 4. The number of nitrogens with zero attached hydrogens (tertiary/aromatic N) is 4. The van der Waals surface area contributed by atoms with Crippen LogP contribution < -0.4 is 21.3 Å².